The number of rotatable bonds is 4. The van der Waals surface area contributed by atoms with Crippen LogP contribution in [0.5, 0.6) is 5.75 Å². The molecule has 1 unspecified atom stereocenters. The fourth-order valence-corrected chi connectivity index (χ4v) is 3.12. The molecular formula is C15H18N2O2S. The minimum absolute atomic E-state index is 0.0209. The van der Waals surface area contributed by atoms with E-state index >= 15 is 0 Å². The number of carbonyl (C=O) groups excluding carboxylic acids is 1. The summed E-state index contributed by atoms with van der Waals surface area (Å²) in [5.74, 6) is 0.900. The van der Waals surface area contributed by atoms with Crippen LogP contribution in [0.15, 0.2) is 18.2 Å². The van der Waals surface area contributed by atoms with Gasteiger partial charge in [0.2, 0.25) is 0 Å². The van der Waals surface area contributed by atoms with Gasteiger partial charge in [-0.05, 0) is 61.7 Å². The monoisotopic (exact) mass is 290 g/mol. The fraction of sp³-hybridized carbons (Fsp3) is 0.467. The average molecular weight is 290 g/mol. The minimum atomic E-state index is -0.220. The molecule has 0 aromatic heterocycles. The van der Waals surface area contributed by atoms with E-state index in [1.165, 1.54) is 24.0 Å². The highest BCUT2D eigenvalue weighted by molar-refractivity contribution is 7.80. The van der Waals surface area contributed by atoms with Crippen LogP contribution in [0.2, 0.25) is 0 Å². The quantitative estimate of drug-likeness (QED) is 0.856. The van der Waals surface area contributed by atoms with Gasteiger partial charge in [0.15, 0.2) is 5.11 Å². The van der Waals surface area contributed by atoms with Gasteiger partial charge in [-0.2, -0.15) is 0 Å². The van der Waals surface area contributed by atoms with Crippen molar-refractivity contribution in [2.24, 2.45) is 0 Å². The maximum atomic E-state index is 11.8. The first-order chi connectivity index (χ1) is 9.65. The molecule has 2 aliphatic rings. The third-order valence-electron chi connectivity index (χ3n) is 3.88. The number of nitrogens with zero attached hydrogens (tertiary/aromatic N) is 1. The van der Waals surface area contributed by atoms with E-state index in [0.717, 1.165) is 12.2 Å². The van der Waals surface area contributed by atoms with Gasteiger partial charge in [-0.1, -0.05) is 6.07 Å². The van der Waals surface area contributed by atoms with Crippen LogP contribution >= 0.6 is 12.2 Å². The van der Waals surface area contributed by atoms with Gasteiger partial charge in [0.25, 0.3) is 5.91 Å². The van der Waals surface area contributed by atoms with Crippen molar-refractivity contribution in [1.29, 1.82) is 0 Å². The van der Waals surface area contributed by atoms with Gasteiger partial charge < -0.3 is 10.1 Å². The largest absolute Gasteiger partial charge is 0.492 e. The lowest BCUT2D eigenvalue weighted by atomic mass is 10.1. The summed E-state index contributed by atoms with van der Waals surface area (Å²) < 4.78 is 5.74. The van der Waals surface area contributed by atoms with Crippen LogP contribution < -0.4 is 10.1 Å². The predicted octanol–water partition coefficient (Wildman–Crippen LogP) is 1.66. The number of ether oxygens (including phenoxy) is 1. The smallest absolute Gasteiger partial charge is 0.251 e. The molecule has 1 saturated heterocycles. The van der Waals surface area contributed by atoms with Crippen molar-refractivity contribution in [2.75, 3.05) is 13.2 Å². The van der Waals surface area contributed by atoms with Crippen LogP contribution in [-0.4, -0.2) is 35.1 Å². The molecule has 1 heterocycles. The maximum absolute atomic E-state index is 11.8. The Morgan fingerprint density at radius 1 is 1.40 bits per heavy atom. The third kappa shape index (κ3) is 2.50. The minimum Gasteiger partial charge on any atom is -0.492 e. The summed E-state index contributed by atoms with van der Waals surface area (Å²) in [5.41, 5.74) is 2.83. The summed E-state index contributed by atoms with van der Waals surface area (Å²) in [7, 11) is 0. The molecule has 0 spiro atoms. The summed E-state index contributed by atoms with van der Waals surface area (Å²) in [4.78, 5) is 13.4. The van der Waals surface area contributed by atoms with E-state index in [4.69, 9.17) is 17.0 Å². The summed E-state index contributed by atoms with van der Waals surface area (Å²) in [6.45, 7) is 2.77. The van der Waals surface area contributed by atoms with Crippen molar-refractivity contribution in [2.45, 2.75) is 32.2 Å². The number of fused-ring (bicyclic) bond motifs is 1. The van der Waals surface area contributed by atoms with Gasteiger partial charge in [0.1, 0.15) is 18.4 Å². The van der Waals surface area contributed by atoms with Gasteiger partial charge in [0.05, 0.1) is 6.54 Å². The number of amides is 1. The molecule has 4 nitrogen and oxygen atoms in total. The number of aryl methyl sites for hydroxylation is 2. The van der Waals surface area contributed by atoms with Crippen molar-refractivity contribution < 1.29 is 9.53 Å². The molecule has 0 radical (unpaired) electrons. The molecule has 3 rings (SSSR count). The lowest BCUT2D eigenvalue weighted by molar-refractivity contribution is -0.126. The van der Waals surface area contributed by atoms with E-state index in [-0.39, 0.29) is 11.9 Å². The lowest BCUT2D eigenvalue weighted by Gasteiger charge is -2.15. The molecule has 1 amide bonds. The van der Waals surface area contributed by atoms with E-state index in [1.54, 1.807) is 4.90 Å². The summed E-state index contributed by atoms with van der Waals surface area (Å²) >= 11 is 5.13. The van der Waals surface area contributed by atoms with E-state index in [2.05, 4.69) is 17.4 Å². The molecule has 0 bridgehead atoms. The standard InChI is InChI=1S/C15H18N2O2S/c1-10-14(18)17(15(20)16-10)7-8-19-13-6-5-11-3-2-4-12(11)9-13/h5-6,9-10H,2-4,7-8H2,1H3,(H,16,20). The maximum Gasteiger partial charge on any atom is 0.251 e. The Morgan fingerprint density at radius 3 is 2.95 bits per heavy atom. The molecule has 5 heteroatoms. The van der Waals surface area contributed by atoms with Crippen molar-refractivity contribution in [3.8, 4) is 5.75 Å². The van der Waals surface area contributed by atoms with Crippen molar-refractivity contribution in [3.05, 3.63) is 29.3 Å². The van der Waals surface area contributed by atoms with Crippen LogP contribution in [0, 0.1) is 0 Å². The SMILES string of the molecule is CC1NC(=S)N(CCOc2ccc3c(c2)CCC3)C1=O. The van der Waals surface area contributed by atoms with E-state index in [0.29, 0.717) is 18.3 Å². The molecule has 20 heavy (non-hydrogen) atoms. The molecule has 1 N–H and O–H groups in total. The van der Waals surface area contributed by atoms with Gasteiger partial charge in [0, 0.05) is 0 Å². The second kappa shape index (κ2) is 5.40. The first kappa shape index (κ1) is 13.4. The Morgan fingerprint density at radius 2 is 2.20 bits per heavy atom. The van der Waals surface area contributed by atoms with Crippen LogP contribution in [-0.2, 0) is 17.6 Å². The topological polar surface area (TPSA) is 41.6 Å². The summed E-state index contributed by atoms with van der Waals surface area (Å²) in [6.07, 6.45) is 3.55. The summed E-state index contributed by atoms with van der Waals surface area (Å²) in [6, 6.07) is 6.05. The Balaban J connectivity index is 1.55. The molecule has 1 aliphatic carbocycles. The van der Waals surface area contributed by atoms with Gasteiger partial charge in [-0.3, -0.25) is 9.69 Å². The average Bonchev–Trinajstić information content (AvgIpc) is 2.98. The Labute approximate surface area is 124 Å². The van der Waals surface area contributed by atoms with Crippen molar-refractivity contribution in [3.63, 3.8) is 0 Å². The number of thiocarbonyl (C=S) groups is 1. The van der Waals surface area contributed by atoms with Crippen molar-refractivity contribution in [1.82, 2.24) is 10.2 Å². The zero-order valence-corrected chi connectivity index (χ0v) is 12.3. The Kier molecular flexibility index (Phi) is 3.61. The van der Waals surface area contributed by atoms with Gasteiger partial charge in [-0.15, -0.1) is 0 Å². The first-order valence-corrected chi connectivity index (χ1v) is 7.42. The fourth-order valence-electron chi connectivity index (χ4n) is 2.76. The number of carbonyl (C=O) groups is 1. The van der Waals surface area contributed by atoms with Crippen LogP contribution in [0.3, 0.4) is 0 Å². The molecule has 1 aromatic rings. The van der Waals surface area contributed by atoms with Crippen LogP contribution in [0.4, 0.5) is 0 Å². The van der Waals surface area contributed by atoms with Crippen LogP contribution in [0.25, 0.3) is 0 Å². The van der Waals surface area contributed by atoms with E-state index in [9.17, 15) is 4.79 Å². The van der Waals surface area contributed by atoms with E-state index < -0.39 is 0 Å². The zero-order chi connectivity index (χ0) is 14.1. The molecule has 1 fully saturated rings. The van der Waals surface area contributed by atoms with Gasteiger partial charge >= 0.3 is 0 Å². The van der Waals surface area contributed by atoms with Gasteiger partial charge in [-0.25, -0.2) is 0 Å². The molecule has 1 aliphatic heterocycles. The third-order valence-corrected chi connectivity index (χ3v) is 4.21. The molecule has 106 valence electrons. The number of hydrogen-bond acceptors (Lipinski definition) is 3. The Hall–Kier alpha value is -1.62. The highest BCUT2D eigenvalue weighted by Gasteiger charge is 2.31. The molecular weight excluding hydrogens is 272 g/mol. The second-order valence-corrected chi connectivity index (χ2v) is 5.68. The molecule has 1 aromatic carbocycles. The molecule has 1 atom stereocenters. The van der Waals surface area contributed by atoms with E-state index in [1.807, 2.05) is 13.0 Å². The highest BCUT2D eigenvalue weighted by Crippen LogP contribution is 2.26. The predicted molar refractivity (Wildman–Crippen MR) is 80.9 cm³/mol. The number of nitrogens with one attached hydrogen (secondary N) is 1. The Bertz CT molecular complexity index is 559. The normalized spacial score (nSPS) is 21.1. The van der Waals surface area contributed by atoms with Crippen LogP contribution in [0.1, 0.15) is 24.5 Å². The molecule has 0 saturated carbocycles. The highest BCUT2D eigenvalue weighted by atomic mass is 32.1. The zero-order valence-electron chi connectivity index (χ0n) is 11.5. The second-order valence-electron chi connectivity index (χ2n) is 5.29. The summed E-state index contributed by atoms with van der Waals surface area (Å²) in [5, 5.41) is 3.45. The number of benzene rings is 1. The van der Waals surface area contributed by atoms with Crippen molar-refractivity contribution >= 4 is 23.2 Å². The number of hydrogen-bond donors (Lipinski definition) is 1. The first-order valence-electron chi connectivity index (χ1n) is 7.01. The lowest BCUT2D eigenvalue weighted by Crippen LogP contribution is -2.34.